The zero-order chi connectivity index (χ0) is 28.9. The quantitative estimate of drug-likeness (QED) is 0.496. The first kappa shape index (κ1) is 31.1. The number of hydrogen-bond acceptors (Lipinski definition) is 5. The zero-order valence-corrected chi connectivity index (χ0v) is 25.8. The van der Waals surface area contributed by atoms with Gasteiger partial charge in [-0.15, -0.1) is 0 Å². The second-order valence-electron chi connectivity index (χ2n) is 11.9. The van der Waals surface area contributed by atoms with Crippen LogP contribution in [0.25, 0.3) is 0 Å². The number of nitrogens with one attached hydrogen (secondary N) is 1. The Balaban J connectivity index is 1.42. The normalized spacial score (nSPS) is 21.2. The predicted molar refractivity (Wildman–Crippen MR) is 159 cm³/mol. The molecule has 2 heterocycles. The second kappa shape index (κ2) is 13.9. The van der Waals surface area contributed by atoms with Crippen LogP contribution in [0.5, 0.6) is 0 Å². The molecule has 0 radical (unpaired) electrons. The third-order valence-corrected chi connectivity index (χ3v) is 10.3. The van der Waals surface area contributed by atoms with Gasteiger partial charge < -0.3 is 20.0 Å². The number of urea groups is 1. The first-order chi connectivity index (χ1) is 19.0. The van der Waals surface area contributed by atoms with E-state index in [-0.39, 0.29) is 30.1 Å². The van der Waals surface area contributed by atoms with E-state index in [2.05, 4.69) is 10.2 Å². The van der Waals surface area contributed by atoms with E-state index in [4.69, 9.17) is 11.6 Å². The lowest BCUT2D eigenvalue weighted by Gasteiger charge is -2.45. The van der Waals surface area contributed by atoms with E-state index in [1.807, 2.05) is 43.3 Å². The fraction of sp³-hybridized carbons (Fsp3) is 0.724. The molecule has 0 aromatic heterocycles. The number of carbonyl (C=O) groups is 2. The van der Waals surface area contributed by atoms with E-state index < -0.39 is 16.1 Å². The van der Waals surface area contributed by atoms with Gasteiger partial charge in [0, 0.05) is 63.4 Å². The molecule has 1 aromatic carbocycles. The Kier molecular flexibility index (Phi) is 10.8. The highest BCUT2D eigenvalue weighted by atomic mass is 35.5. The number of rotatable bonds is 8. The molecule has 0 bridgehead atoms. The monoisotopic (exact) mass is 595 g/mol. The zero-order valence-electron chi connectivity index (χ0n) is 24.2. The van der Waals surface area contributed by atoms with Crippen molar-refractivity contribution >= 4 is 33.6 Å². The molecule has 3 fully saturated rings. The predicted octanol–water partition coefficient (Wildman–Crippen LogP) is 3.57. The van der Waals surface area contributed by atoms with Crippen molar-refractivity contribution in [2.45, 2.75) is 88.4 Å². The first-order valence-electron chi connectivity index (χ1n) is 14.8. The molecule has 1 saturated carbocycles. The van der Waals surface area contributed by atoms with Crippen molar-refractivity contribution in [1.82, 2.24) is 24.3 Å². The van der Waals surface area contributed by atoms with Gasteiger partial charge in [-0.2, -0.15) is 0 Å². The maximum absolute atomic E-state index is 13.9. The molecule has 1 aromatic rings. The highest BCUT2D eigenvalue weighted by molar-refractivity contribution is 7.88. The Morgan fingerprint density at radius 3 is 2.05 bits per heavy atom. The summed E-state index contributed by atoms with van der Waals surface area (Å²) in [6, 6.07) is 7.76. The summed E-state index contributed by atoms with van der Waals surface area (Å²) in [5.74, 6) is 0.0714. The number of halogens is 1. The largest absolute Gasteiger partial charge is 0.341 e. The molecule has 40 heavy (non-hydrogen) atoms. The molecular formula is C29H46ClN5O4S. The van der Waals surface area contributed by atoms with E-state index in [0.29, 0.717) is 50.5 Å². The van der Waals surface area contributed by atoms with Crippen molar-refractivity contribution in [3.63, 3.8) is 0 Å². The van der Waals surface area contributed by atoms with Gasteiger partial charge in [-0.25, -0.2) is 17.5 Å². The van der Waals surface area contributed by atoms with E-state index in [9.17, 15) is 18.0 Å². The van der Waals surface area contributed by atoms with Gasteiger partial charge in [-0.1, -0.05) is 43.0 Å². The van der Waals surface area contributed by atoms with Crippen molar-refractivity contribution in [2.75, 3.05) is 46.5 Å². The Labute approximate surface area is 245 Å². The second-order valence-corrected chi connectivity index (χ2v) is 14.3. The van der Waals surface area contributed by atoms with Crippen LogP contribution in [0.4, 0.5) is 4.79 Å². The van der Waals surface area contributed by atoms with Gasteiger partial charge in [0.25, 0.3) is 0 Å². The Bertz CT molecular complexity index is 1090. The molecular weight excluding hydrogens is 550 g/mol. The van der Waals surface area contributed by atoms with Crippen molar-refractivity contribution in [2.24, 2.45) is 0 Å². The Morgan fingerprint density at radius 1 is 0.925 bits per heavy atom. The number of amides is 3. The van der Waals surface area contributed by atoms with Gasteiger partial charge >= 0.3 is 6.03 Å². The van der Waals surface area contributed by atoms with E-state index in [0.717, 1.165) is 31.2 Å². The van der Waals surface area contributed by atoms with Crippen LogP contribution in [0.15, 0.2) is 24.3 Å². The molecule has 1 aliphatic carbocycles. The average molecular weight is 596 g/mol. The van der Waals surface area contributed by atoms with Crippen LogP contribution in [0.3, 0.4) is 0 Å². The average Bonchev–Trinajstić information content (AvgIpc) is 2.94. The number of sulfonamides is 1. The molecule has 2 aliphatic heterocycles. The Hall–Kier alpha value is -1.88. The number of benzene rings is 1. The van der Waals surface area contributed by atoms with Crippen LogP contribution in [0, 0.1) is 0 Å². The summed E-state index contributed by atoms with van der Waals surface area (Å²) in [6.07, 6.45) is 10.4. The molecule has 3 aliphatic rings. The van der Waals surface area contributed by atoms with Crippen LogP contribution in [-0.2, 0) is 21.2 Å². The van der Waals surface area contributed by atoms with Crippen molar-refractivity contribution in [1.29, 1.82) is 0 Å². The maximum atomic E-state index is 13.9. The lowest BCUT2D eigenvalue weighted by molar-refractivity contribution is -0.135. The van der Waals surface area contributed by atoms with E-state index in [1.165, 1.54) is 29.8 Å². The summed E-state index contributed by atoms with van der Waals surface area (Å²) in [6.45, 7) is 2.17. The van der Waals surface area contributed by atoms with Crippen molar-refractivity contribution < 1.29 is 18.0 Å². The van der Waals surface area contributed by atoms with Gasteiger partial charge in [0.05, 0.1) is 12.3 Å². The smallest absolute Gasteiger partial charge is 0.319 e. The molecule has 1 atom stereocenters. The third kappa shape index (κ3) is 8.11. The van der Waals surface area contributed by atoms with Gasteiger partial charge in [-0.3, -0.25) is 4.79 Å². The SMILES string of the molecule is CN(C)C(=O)N(C1CCCCC1)C1CCN(C(=O)[C@H](Cc2ccc(Cl)cc2)NC2CCN(S(C)(=O)=O)CC2)CC1. The summed E-state index contributed by atoms with van der Waals surface area (Å²) in [4.78, 5) is 32.9. The lowest BCUT2D eigenvalue weighted by atomic mass is 9.91. The molecule has 0 unspecified atom stereocenters. The number of nitrogens with zero attached hydrogens (tertiary/aromatic N) is 4. The Morgan fingerprint density at radius 2 is 1.50 bits per heavy atom. The fourth-order valence-corrected chi connectivity index (χ4v) is 7.50. The summed E-state index contributed by atoms with van der Waals surface area (Å²) >= 11 is 6.10. The minimum absolute atomic E-state index is 0.0660. The molecule has 4 rings (SSSR count). The van der Waals surface area contributed by atoms with Gasteiger partial charge in [0.15, 0.2) is 0 Å². The van der Waals surface area contributed by atoms with E-state index in [1.54, 1.807) is 4.90 Å². The number of carbonyl (C=O) groups excluding carboxylic acids is 2. The van der Waals surface area contributed by atoms with Gasteiger partial charge in [0.2, 0.25) is 15.9 Å². The van der Waals surface area contributed by atoms with Crippen LogP contribution in [-0.4, -0.2) is 110 Å². The summed E-state index contributed by atoms with van der Waals surface area (Å²) in [5.41, 5.74) is 1.03. The van der Waals surface area contributed by atoms with Crippen LogP contribution >= 0.6 is 11.6 Å². The highest BCUT2D eigenvalue weighted by Gasteiger charge is 2.37. The third-order valence-electron chi connectivity index (χ3n) is 8.75. The number of piperidine rings is 2. The molecule has 224 valence electrons. The molecule has 2 saturated heterocycles. The minimum Gasteiger partial charge on any atom is -0.341 e. The number of hydrogen-bond donors (Lipinski definition) is 1. The van der Waals surface area contributed by atoms with Crippen LogP contribution < -0.4 is 5.32 Å². The summed E-state index contributed by atoms with van der Waals surface area (Å²) in [7, 11) is 0.438. The van der Waals surface area contributed by atoms with Crippen LogP contribution in [0.1, 0.15) is 63.4 Å². The molecule has 11 heteroatoms. The van der Waals surface area contributed by atoms with Gasteiger partial charge in [0.1, 0.15) is 0 Å². The molecule has 9 nitrogen and oxygen atoms in total. The minimum atomic E-state index is -3.21. The first-order valence-corrected chi connectivity index (χ1v) is 17.0. The fourth-order valence-electron chi connectivity index (χ4n) is 6.50. The molecule has 1 N–H and O–H groups in total. The van der Waals surface area contributed by atoms with Crippen molar-refractivity contribution in [3.05, 3.63) is 34.9 Å². The standard InChI is InChI=1S/C29H46ClN5O4S/c1-32(2)29(37)35(25-7-5-4-6-8-25)26-15-17-33(18-16-26)28(36)27(21-22-9-11-23(30)12-10-22)31-24-13-19-34(20-14-24)40(3,38)39/h9-12,24-27,31H,4-8,13-21H2,1-3H3/t27-/m0/s1. The molecule has 0 spiro atoms. The van der Waals surface area contributed by atoms with Crippen LogP contribution in [0.2, 0.25) is 5.02 Å². The maximum Gasteiger partial charge on any atom is 0.319 e. The van der Waals surface area contributed by atoms with Crippen molar-refractivity contribution in [3.8, 4) is 0 Å². The summed E-state index contributed by atoms with van der Waals surface area (Å²) in [5, 5.41) is 4.25. The van der Waals surface area contributed by atoms with Gasteiger partial charge in [-0.05, 0) is 62.6 Å². The topological polar surface area (TPSA) is 93.3 Å². The highest BCUT2D eigenvalue weighted by Crippen LogP contribution is 2.29. The lowest BCUT2D eigenvalue weighted by Crippen LogP contribution is -2.58. The number of likely N-dealkylation sites (tertiary alicyclic amines) is 1. The van der Waals surface area contributed by atoms with E-state index >= 15 is 0 Å². The molecule has 3 amide bonds. The summed E-state index contributed by atoms with van der Waals surface area (Å²) < 4.78 is 25.4.